The van der Waals surface area contributed by atoms with E-state index in [1.165, 1.54) is 11.8 Å². The molecule has 0 aromatic heterocycles. The molecule has 0 spiro atoms. The molecule has 2 aliphatic heterocycles. The maximum Gasteiger partial charge on any atom is 0.282 e. The van der Waals surface area contributed by atoms with E-state index in [-0.39, 0.29) is 36.1 Å². The van der Waals surface area contributed by atoms with Gasteiger partial charge in [-0.2, -0.15) is 0 Å². The molecule has 2 fully saturated rings. The second-order valence-corrected chi connectivity index (χ2v) is 4.97. The normalized spacial score (nSPS) is 24.8. The molecule has 92 valence electrons. The Labute approximate surface area is 105 Å². The molecule has 2 N–H and O–H groups in total. The van der Waals surface area contributed by atoms with Crippen LogP contribution in [0.25, 0.3) is 0 Å². The van der Waals surface area contributed by atoms with Crippen LogP contribution < -0.4 is 5.73 Å². The molecule has 16 heavy (non-hydrogen) atoms. The summed E-state index contributed by atoms with van der Waals surface area (Å²) in [7, 11) is 0. The van der Waals surface area contributed by atoms with Gasteiger partial charge >= 0.3 is 0 Å². The van der Waals surface area contributed by atoms with Gasteiger partial charge in [0, 0.05) is 31.4 Å². The average Bonchev–Trinajstić information content (AvgIpc) is 2.77. The van der Waals surface area contributed by atoms with Crippen molar-refractivity contribution in [3.05, 3.63) is 0 Å². The van der Waals surface area contributed by atoms with Crippen molar-refractivity contribution >= 4 is 35.3 Å². The van der Waals surface area contributed by atoms with E-state index in [4.69, 9.17) is 5.73 Å². The van der Waals surface area contributed by atoms with E-state index in [1.54, 1.807) is 9.80 Å². The van der Waals surface area contributed by atoms with Gasteiger partial charge in [-0.25, -0.2) is 0 Å². The van der Waals surface area contributed by atoms with Gasteiger partial charge in [0.25, 0.3) is 5.24 Å². The summed E-state index contributed by atoms with van der Waals surface area (Å²) in [6, 6.07) is 0.109. The van der Waals surface area contributed by atoms with Gasteiger partial charge in [-0.3, -0.25) is 9.59 Å². The van der Waals surface area contributed by atoms with Gasteiger partial charge in [0.2, 0.25) is 5.91 Å². The van der Waals surface area contributed by atoms with Gasteiger partial charge in [0.15, 0.2) is 0 Å². The number of nitrogens with two attached hydrogens (primary N) is 1. The molecule has 2 saturated heterocycles. The minimum absolute atomic E-state index is 0. The Balaban J connectivity index is 0.00000128. The third-order valence-corrected chi connectivity index (χ3v) is 3.64. The van der Waals surface area contributed by atoms with Gasteiger partial charge < -0.3 is 15.5 Å². The average molecular weight is 266 g/mol. The lowest BCUT2D eigenvalue weighted by Gasteiger charge is -2.20. The fraction of sp³-hybridized carbons (Fsp3) is 0.778. The number of thioether (sulfide) groups is 1. The molecule has 0 aromatic carbocycles. The highest BCUT2D eigenvalue weighted by Crippen LogP contribution is 2.17. The maximum absolute atomic E-state index is 11.8. The van der Waals surface area contributed by atoms with Crippen LogP contribution in [-0.4, -0.2) is 58.9 Å². The zero-order chi connectivity index (χ0) is 10.8. The van der Waals surface area contributed by atoms with E-state index in [0.29, 0.717) is 13.1 Å². The number of rotatable bonds is 2. The zero-order valence-electron chi connectivity index (χ0n) is 8.92. The predicted molar refractivity (Wildman–Crippen MR) is 65.8 cm³/mol. The second kappa shape index (κ2) is 5.75. The summed E-state index contributed by atoms with van der Waals surface area (Å²) in [6.07, 6.45) is 0.869. The fourth-order valence-electron chi connectivity index (χ4n) is 1.85. The minimum atomic E-state index is 0. The van der Waals surface area contributed by atoms with E-state index in [9.17, 15) is 9.59 Å². The number of carbonyl (C=O) groups is 2. The lowest BCUT2D eigenvalue weighted by molar-refractivity contribution is -0.130. The van der Waals surface area contributed by atoms with Crippen LogP contribution in [0.4, 0.5) is 4.79 Å². The Kier molecular flexibility index (Phi) is 4.89. The molecule has 0 unspecified atom stereocenters. The van der Waals surface area contributed by atoms with Crippen LogP contribution >= 0.6 is 24.2 Å². The van der Waals surface area contributed by atoms with Crippen molar-refractivity contribution in [3.63, 3.8) is 0 Å². The number of nitrogens with zero attached hydrogens (tertiary/aromatic N) is 2. The molecule has 2 heterocycles. The third-order valence-electron chi connectivity index (χ3n) is 2.75. The molecule has 0 aromatic rings. The van der Waals surface area contributed by atoms with Gasteiger partial charge in [0.05, 0.1) is 0 Å². The number of likely N-dealkylation sites (tertiary alicyclic amines) is 1. The molecule has 0 bridgehead atoms. The number of carbonyl (C=O) groups excluding carboxylic acids is 2. The SMILES string of the molecule is Cl.N[C@H]1CCN(C(=O)CN2CCSC2=O)C1. The molecular formula is C9H16ClN3O2S. The molecule has 0 radical (unpaired) electrons. The Morgan fingerprint density at radius 1 is 1.50 bits per heavy atom. The van der Waals surface area contributed by atoms with Crippen molar-refractivity contribution in [2.45, 2.75) is 12.5 Å². The van der Waals surface area contributed by atoms with Crippen molar-refractivity contribution < 1.29 is 9.59 Å². The minimum Gasteiger partial charge on any atom is -0.340 e. The summed E-state index contributed by atoms with van der Waals surface area (Å²) in [6.45, 7) is 2.27. The van der Waals surface area contributed by atoms with Gasteiger partial charge in [-0.15, -0.1) is 12.4 Å². The van der Waals surface area contributed by atoms with E-state index in [1.807, 2.05) is 0 Å². The van der Waals surface area contributed by atoms with Crippen LogP contribution in [0.15, 0.2) is 0 Å². The zero-order valence-corrected chi connectivity index (χ0v) is 10.6. The molecule has 1 atom stereocenters. The van der Waals surface area contributed by atoms with Crippen LogP contribution in [0, 0.1) is 0 Å². The first-order valence-corrected chi connectivity index (χ1v) is 6.10. The predicted octanol–water partition coefficient (Wildman–Crippen LogP) is 0.137. The van der Waals surface area contributed by atoms with E-state index in [0.717, 1.165) is 18.7 Å². The largest absolute Gasteiger partial charge is 0.340 e. The maximum atomic E-state index is 11.8. The van der Waals surface area contributed by atoms with E-state index in [2.05, 4.69) is 0 Å². The summed E-state index contributed by atoms with van der Waals surface area (Å²) in [5.74, 6) is 0.824. The monoisotopic (exact) mass is 265 g/mol. The lowest BCUT2D eigenvalue weighted by atomic mass is 10.3. The Bertz CT molecular complexity index is 290. The quantitative estimate of drug-likeness (QED) is 0.771. The molecule has 5 nitrogen and oxygen atoms in total. The van der Waals surface area contributed by atoms with Crippen molar-refractivity contribution in [2.75, 3.05) is 31.9 Å². The smallest absolute Gasteiger partial charge is 0.282 e. The van der Waals surface area contributed by atoms with Crippen molar-refractivity contribution in [3.8, 4) is 0 Å². The van der Waals surface area contributed by atoms with Crippen LogP contribution in [0.2, 0.25) is 0 Å². The van der Waals surface area contributed by atoms with Gasteiger partial charge in [-0.05, 0) is 6.42 Å². The first-order chi connectivity index (χ1) is 7.16. The summed E-state index contributed by atoms with van der Waals surface area (Å²) < 4.78 is 0. The lowest BCUT2D eigenvalue weighted by Crippen LogP contribution is -2.40. The molecule has 2 amide bonds. The number of halogens is 1. The first kappa shape index (κ1) is 13.6. The Hall–Kier alpha value is -0.460. The van der Waals surface area contributed by atoms with Crippen molar-refractivity contribution in [2.24, 2.45) is 5.73 Å². The number of amides is 2. The molecule has 0 aliphatic carbocycles. The van der Waals surface area contributed by atoms with E-state index >= 15 is 0 Å². The molecule has 2 aliphatic rings. The van der Waals surface area contributed by atoms with Gasteiger partial charge in [0.1, 0.15) is 6.54 Å². The summed E-state index contributed by atoms with van der Waals surface area (Å²) in [5.41, 5.74) is 5.72. The van der Waals surface area contributed by atoms with E-state index < -0.39 is 0 Å². The highest BCUT2D eigenvalue weighted by Gasteiger charge is 2.28. The number of hydrogen-bond acceptors (Lipinski definition) is 4. The summed E-state index contributed by atoms with van der Waals surface area (Å²) in [4.78, 5) is 26.4. The molecule has 2 rings (SSSR count). The summed E-state index contributed by atoms with van der Waals surface area (Å²) >= 11 is 1.28. The highest BCUT2D eigenvalue weighted by molar-refractivity contribution is 8.13. The number of hydrogen-bond donors (Lipinski definition) is 1. The van der Waals surface area contributed by atoms with Crippen molar-refractivity contribution in [1.82, 2.24) is 9.80 Å². The highest BCUT2D eigenvalue weighted by atomic mass is 35.5. The summed E-state index contributed by atoms with van der Waals surface area (Å²) in [5, 5.41) is 0.0202. The molecular weight excluding hydrogens is 250 g/mol. The second-order valence-electron chi connectivity index (χ2n) is 3.92. The van der Waals surface area contributed by atoms with Crippen LogP contribution in [0.3, 0.4) is 0 Å². The van der Waals surface area contributed by atoms with Crippen molar-refractivity contribution in [1.29, 1.82) is 0 Å². The Morgan fingerprint density at radius 2 is 2.25 bits per heavy atom. The van der Waals surface area contributed by atoms with Crippen LogP contribution in [0.5, 0.6) is 0 Å². The fourth-order valence-corrected chi connectivity index (χ4v) is 2.67. The third kappa shape index (κ3) is 3.02. The molecule has 7 heteroatoms. The Morgan fingerprint density at radius 3 is 2.75 bits per heavy atom. The topological polar surface area (TPSA) is 66.6 Å². The first-order valence-electron chi connectivity index (χ1n) is 5.12. The van der Waals surface area contributed by atoms with Crippen LogP contribution in [-0.2, 0) is 4.79 Å². The standard InChI is InChI=1S/C9H15N3O2S.ClH/c10-7-1-2-11(5-7)8(13)6-12-3-4-15-9(12)14;/h7H,1-6,10H2;1H/t7-;/m0./s1. The van der Waals surface area contributed by atoms with Crippen LogP contribution in [0.1, 0.15) is 6.42 Å². The van der Waals surface area contributed by atoms with Gasteiger partial charge in [-0.1, -0.05) is 11.8 Å². The molecule has 0 saturated carbocycles.